The molecule has 1 rings (SSSR count). The third kappa shape index (κ3) is 3.95. The van der Waals surface area contributed by atoms with E-state index in [1.807, 2.05) is 12.1 Å². The lowest BCUT2D eigenvalue weighted by molar-refractivity contribution is 0.210. The molecule has 16 heavy (non-hydrogen) atoms. The average Bonchev–Trinajstić information content (AvgIpc) is 2.21. The first-order valence-electron chi connectivity index (χ1n) is 5.32. The third-order valence-corrected chi connectivity index (χ3v) is 3.16. The summed E-state index contributed by atoms with van der Waals surface area (Å²) >= 11 is 11.9. The van der Waals surface area contributed by atoms with Crippen molar-refractivity contribution in [3.8, 4) is 0 Å². The number of halogens is 2. The average molecular weight is 262 g/mol. The topological polar surface area (TPSA) is 32.3 Å². The van der Waals surface area contributed by atoms with Crippen LogP contribution < -0.4 is 5.32 Å². The van der Waals surface area contributed by atoms with Crippen LogP contribution in [0.25, 0.3) is 0 Å². The summed E-state index contributed by atoms with van der Waals surface area (Å²) in [7, 11) is 0. The van der Waals surface area contributed by atoms with Crippen molar-refractivity contribution < 1.29 is 5.11 Å². The van der Waals surface area contributed by atoms with Crippen molar-refractivity contribution in [2.45, 2.75) is 26.4 Å². The Labute approximate surface area is 107 Å². The Hall–Kier alpha value is -0.280. The molecule has 0 aliphatic carbocycles. The minimum absolute atomic E-state index is 0.0896. The van der Waals surface area contributed by atoms with Crippen LogP contribution in [0.4, 0.5) is 0 Å². The molecule has 1 aromatic rings. The Morgan fingerprint density at radius 1 is 1.31 bits per heavy atom. The summed E-state index contributed by atoms with van der Waals surface area (Å²) in [6.45, 7) is 4.90. The molecule has 0 spiro atoms. The molecule has 0 aliphatic rings. The van der Waals surface area contributed by atoms with Crippen LogP contribution in [-0.4, -0.2) is 17.8 Å². The predicted molar refractivity (Wildman–Crippen MR) is 69.0 cm³/mol. The van der Waals surface area contributed by atoms with Crippen molar-refractivity contribution in [3.05, 3.63) is 33.8 Å². The molecular weight excluding hydrogens is 245 g/mol. The highest BCUT2D eigenvalue weighted by Crippen LogP contribution is 2.21. The maximum absolute atomic E-state index is 9.17. The number of aliphatic hydroxyl groups excluding tert-OH is 1. The zero-order valence-electron chi connectivity index (χ0n) is 9.50. The first kappa shape index (κ1) is 13.8. The summed E-state index contributed by atoms with van der Waals surface area (Å²) in [6, 6.07) is 5.52. The van der Waals surface area contributed by atoms with Gasteiger partial charge in [-0.15, -0.1) is 0 Å². The van der Waals surface area contributed by atoms with Gasteiger partial charge in [-0.2, -0.15) is 0 Å². The molecule has 0 fully saturated rings. The molecule has 0 unspecified atom stereocenters. The van der Waals surface area contributed by atoms with Crippen LogP contribution in [0.1, 0.15) is 19.4 Å². The van der Waals surface area contributed by atoms with E-state index in [0.29, 0.717) is 22.5 Å². The normalized spacial score (nSPS) is 13.1. The summed E-state index contributed by atoms with van der Waals surface area (Å²) in [4.78, 5) is 0. The van der Waals surface area contributed by atoms with Gasteiger partial charge in [0.25, 0.3) is 0 Å². The van der Waals surface area contributed by atoms with Crippen LogP contribution in [0.3, 0.4) is 0 Å². The number of aliphatic hydroxyl groups is 1. The number of rotatable bonds is 5. The highest BCUT2D eigenvalue weighted by molar-refractivity contribution is 6.35. The van der Waals surface area contributed by atoms with Gasteiger partial charge in [-0.3, -0.25) is 0 Å². The molecule has 0 bridgehead atoms. The van der Waals surface area contributed by atoms with Crippen LogP contribution in [-0.2, 0) is 6.54 Å². The third-order valence-electron chi connectivity index (χ3n) is 2.57. The van der Waals surface area contributed by atoms with Gasteiger partial charge in [-0.25, -0.2) is 0 Å². The molecule has 0 aromatic heterocycles. The molecule has 2 nitrogen and oxygen atoms in total. The summed E-state index contributed by atoms with van der Waals surface area (Å²) in [5.41, 5.74) is 0.991. The van der Waals surface area contributed by atoms with Gasteiger partial charge in [-0.05, 0) is 23.6 Å². The number of nitrogens with one attached hydrogen (secondary N) is 1. The Morgan fingerprint density at radius 2 is 2.00 bits per heavy atom. The molecule has 0 radical (unpaired) electrons. The zero-order chi connectivity index (χ0) is 12.1. The van der Waals surface area contributed by atoms with Gasteiger partial charge in [0.15, 0.2) is 0 Å². The number of benzene rings is 1. The molecule has 2 N–H and O–H groups in total. The largest absolute Gasteiger partial charge is 0.395 e. The maximum atomic E-state index is 9.17. The Balaban J connectivity index is 2.60. The molecule has 4 heteroatoms. The lowest BCUT2D eigenvalue weighted by Crippen LogP contribution is -2.36. The maximum Gasteiger partial charge on any atom is 0.0587 e. The van der Waals surface area contributed by atoms with E-state index in [9.17, 15) is 5.11 Å². The quantitative estimate of drug-likeness (QED) is 0.854. The van der Waals surface area contributed by atoms with Crippen molar-refractivity contribution in [3.63, 3.8) is 0 Å². The van der Waals surface area contributed by atoms with Crippen LogP contribution in [0.15, 0.2) is 18.2 Å². The fourth-order valence-electron chi connectivity index (χ4n) is 1.42. The molecule has 1 atom stereocenters. The summed E-state index contributed by atoms with van der Waals surface area (Å²) < 4.78 is 0. The highest BCUT2D eigenvalue weighted by atomic mass is 35.5. The molecule has 0 saturated carbocycles. The van der Waals surface area contributed by atoms with Gasteiger partial charge < -0.3 is 10.4 Å². The standard InChI is InChI=1S/C12H17Cl2NO/c1-8(2)12(7-16)15-6-9-3-4-10(13)5-11(9)14/h3-5,8,12,15-16H,6-7H2,1-2H3/t12-/m1/s1. The van der Waals surface area contributed by atoms with E-state index in [1.165, 1.54) is 0 Å². The fourth-order valence-corrected chi connectivity index (χ4v) is 1.89. The lowest BCUT2D eigenvalue weighted by Gasteiger charge is -2.20. The lowest BCUT2D eigenvalue weighted by atomic mass is 10.1. The second-order valence-corrected chi connectivity index (χ2v) is 4.99. The van der Waals surface area contributed by atoms with E-state index in [-0.39, 0.29) is 12.6 Å². The Kier molecular flexibility index (Phi) is 5.56. The highest BCUT2D eigenvalue weighted by Gasteiger charge is 2.11. The Bertz CT molecular complexity index is 342. The minimum atomic E-state index is 0.0896. The zero-order valence-corrected chi connectivity index (χ0v) is 11.0. The monoisotopic (exact) mass is 261 g/mol. The molecule has 0 heterocycles. The van der Waals surface area contributed by atoms with E-state index >= 15 is 0 Å². The summed E-state index contributed by atoms with van der Waals surface area (Å²) in [6.07, 6.45) is 0. The van der Waals surface area contributed by atoms with E-state index in [2.05, 4.69) is 19.2 Å². The van der Waals surface area contributed by atoms with Crippen LogP contribution in [0.5, 0.6) is 0 Å². The van der Waals surface area contributed by atoms with Crippen molar-refractivity contribution in [2.75, 3.05) is 6.61 Å². The summed E-state index contributed by atoms with van der Waals surface area (Å²) in [5, 5.41) is 13.7. The van der Waals surface area contributed by atoms with Crippen LogP contribution in [0.2, 0.25) is 10.0 Å². The second kappa shape index (κ2) is 6.45. The van der Waals surface area contributed by atoms with Gasteiger partial charge in [-0.1, -0.05) is 43.1 Å². The molecule has 0 saturated heterocycles. The summed E-state index contributed by atoms with van der Waals surface area (Å²) in [5.74, 6) is 0.385. The van der Waals surface area contributed by atoms with Crippen molar-refractivity contribution >= 4 is 23.2 Å². The van der Waals surface area contributed by atoms with Gasteiger partial charge in [0.2, 0.25) is 0 Å². The van der Waals surface area contributed by atoms with E-state index in [0.717, 1.165) is 5.56 Å². The van der Waals surface area contributed by atoms with Crippen molar-refractivity contribution in [2.24, 2.45) is 5.92 Å². The fraction of sp³-hybridized carbons (Fsp3) is 0.500. The van der Waals surface area contributed by atoms with Crippen LogP contribution in [0, 0.1) is 5.92 Å². The van der Waals surface area contributed by atoms with E-state index in [1.54, 1.807) is 6.07 Å². The smallest absolute Gasteiger partial charge is 0.0587 e. The molecule has 0 aliphatic heterocycles. The van der Waals surface area contributed by atoms with E-state index in [4.69, 9.17) is 23.2 Å². The van der Waals surface area contributed by atoms with Crippen molar-refractivity contribution in [1.82, 2.24) is 5.32 Å². The number of hydrogen-bond acceptors (Lipinski definition) is 2. The molecular formula is C12H17Cl2NO. The van der Waals surface area contributed by atoms with Gasteiger partial charge >= 0.3 is 0 Å². The van der Waals surface area contributed by atoms with Gasteiger partial charge in [0.05, 0.1) is 6.61 Å². The first-order valence-corrected chi connectivity index (χ1v) is 6.08. The number of hydrogen-bond donors (Lipinski definition) is 2. The second-order valence-electron chi connectivity index (χ2n) is 4.15. The SMILES string of the molecule is CC(C)[C@@H](CO)NCc1ccc(Cl)cc1Cl. The minimum Gasteiger partial charge on any atom is -0.395 e. The molecule has 90 valence electrons. The van der Waals surface area contributed by atoms with Gasteiger partial charge in [0, 0.05) is 22.6 Å². The first-order chi connectivity index (χ1) is 7.54. The molecule has 0 amide bonds. The Morgan fingerprint density at radius 3 is 2.50 bits per heavy atom. The van der Waals surface area contributed by atoms with Crippen LogP contribution >= 0.6 is 23.2 Å². The molecule has 1 aromatic carbocycles. The van der Waals surface area contributed by atoms with Gasteiger partial charge in [0.1, 0.15) is 0 Å². The van der Waals surface area contributed by atoms with Crippen molar-refractivity contribution in [1.29, 1.82) is 0 Å². The predicted octanol–water partition coefficient (Wildman–Crippen LogP) is 3.10. The van der Waals surface area contributed by atoms with E-state index < -0.39 is 0 Å².